The second kappa shape index (κ2) is 8.25. The molecule has 0 amide bonds. The Bertz CT molecular complexity index is 1550. The van der Waals surface area contributed by atoms with Crippen molar-refractivity contribution in [3.05, 3.63) is 94.3 Å². The molecule has 0 radical (unpaired) electrons. The standard InChI is InChI=1S/C22H10Cl2F2N4OS/c23-13-3-1-5-15(25)10(13)7-17-21(31)30-20(29)11(8-27)18(12(9-28)22(30)32-17)19-14(24)4-2-6-16(19)26/h1-7,18H,29H2/b17-7-. The van der Waals surface area contributed by atoms with E-state index in [1.54, 1.807) is 0 Å². The van der Waals surface area contributed by atoms with E-state index in [1.807, 2.05) is 12.1 Å². The van der Waals surface area contributed by atoms with Crippen molar-refractivity contribution in [1.29, 1.82) is 10.5 Å². The van der Waals surface area contributed by atoms with Crippen molar-refractivity contribution in [3.63, 3.8) is 0 Å². The Morgan fingerprint density at radius 1 is 1.03 bits per heavy atom. The minimum Gasteiger partial charge on any atom is -0.384 e. The Hall–Kier alpha value is -3.43. The number of thiazole rings is 1. The van der Waals surface area contributed by atoms with Crippen molar-refractivity contribution in [2.24, 2.45) is 5.73 Å². The van der Waals surface area contributed by atoms with Crippen molar-refractivity contribution in [1.82, 2.24) is 4.57 Å². The Morgan fingerprint density at radius 3 is 2.25 bits per heavy atom. The predicted molar refractivity (Wildman–Crippen MR) is 119 cm³/mol. The van der Waals surface area contributed by atoms with E-state index in [0.29, 0.717) is 0 Å². The molecule has 4 rings (SSSR count). The number of halogens is 4. The third kappa shape index (κ3) is 3.30. The van der Waals surface area contributed by atoms with Gasteiger partial charge < -0.3 is 5.73 Å². The van der Waals surface area contributed by atoms with E-state index in [-0.39, 0.29) is 47.3 Å². The number of aromatic nitrogens is 1. The Morgan fingerprint density at radius 2 is 1.66 bits per heavy atom. The molecule has 1 aliphatic heterocycles. The molecule has 10 heteroatoms. The smallest absolute Gasteiger partial charge is 0.274 e. The highest BCUT2D eigenvalue weighted by Crippen LogP contribution is 2.40. The molecule has 1 unspecified atom stereocenters. The van der Waals surface area contributed by atoms with Gasteiger partial charge in [0.25, 0.3) is 5.56 Å². The average molecular weight is 487 g/mol. The molecule has 2 aromatic carbocycles. The molecule has 32 heavy (non-hydrogen) atoms. The summed E-state index contributed by atoms with van der Waals surface area (Å²) in [7, 11) is 0. The summed E-state index contributed by atoms with van der Waals surface area (Å²) in [5.41, 5.74) is 5.08. The Balaban J connectivity index is 2.13. The molecule has 3 aromatic rings. The van der Waals surface area contributed by atoms with Gasteiger partial charge in [-0.1, -0.05) is 35.3 Å². The topological polar surface area (TPSA) is 95.6 Å². The van der Waals surface area contributed by atoms with Crippen molar-refractivity contribution in [3.8, 4) is 12.1 Å². The molecule has 1 atom stereocenters. The highest BCUT2D eigenvalue weighted by Gasteiger charge is 2.35. The van der Waals surface area contributed by atoms with Crippen LogP contribution in [0.15, 0.2) is 46.8 Å². The van der Waals surface area contributed by atoms with E-state index in [1.165, 1.54) is 36.4 Å². The van der Waals surface area contributed by atoms with Crippen LogP contribution in [-0.4, -0.2) is 4.57 Å². The molecule has 2 N–H and O–H groups in total. The van der Waals surface area contributed by atoms with Gasteiger partial charge in [-0.3, -0.25) is 9.36 Å². The summed E-state index contributed by atoms with van der Waals surface area (Å²) < 4.78 is 30.1. The van der Waals surface area contributed by atoms with Crippen LogP contribution < -0.4 is 20.5 Å². The zero-order valence-electron chi connectivity index (χ0n) is 15.9. The lowest BCUT2D eigenvalue weighted by Crippen LogP contribution is -2.38. The molecule has 0 saturated heterocycles. The summed E-state index contributed by atoms with van der Waals surface area (Å²) >= 11 is 13.1. The molecule has 158 valence electrons. The van der Waals surface area contributed by atoms with Crippen LogP contribution >= 0.6 is 34.5 Å². The Labute approximate surface area is 193 Å². The van der Waals surface area contributed by atoms with Crippen LogP contribution in [-0.2, 0) is 0 Å². The molecular weight excluding hydrogens is 477 g/mol. The van der Waals surface area contributed by atoms with Crippen LogP contribution in [0, 0.1) is 34.3 Å². The number of hydrogen-bond donors (Lipinski definition) is 1. The third-order valence-electron chi connectivity index (χ3n) is 4.95. The number of allylic oxidation sites excluding steroid dienone is 1. The highest BCUT2D eigenvalue weighted by atomic mass is 35.5. The molecule has 0 saturated carbocycles. The van der Waals surface area contributed by atoms with Crippen LogP contribution in [0.4, 0.5) is 8.78 Å². The minimum absolute atomic E-state index is 0.000535. The fraction of sp³-hybridized carbons (Fsp3) is 0.0455. The SMILES string of the molecule is N#CC1=C(N)n2c(s/c(=C\c3c(F)cccc3Cl)c2=O)=C(C#N)C1c1c(F)cccc1Cl. The number of fused-ring (bicyclic) bond motifs is 1. The number of rotatable bonds is 2. The number of hydrogen-bond acceptors (Lipinski definition) is 5. The van der Waals surface area contributed by atoms with Crippen molar-refractivity contribution in [2.75, 3.05) is 0 Å². The summed E-state index contributed by atoms with van der Waals surface area (Å²) in [4.78, 5) is 13.1. The first-order chi connectivity index (χ1) is 15.3. The second-order valence-corrected chi connectivity index (χ2v) is 8.54. The van der Waals surface area contributed by atoms with Gasteiger partial charge in [-0.05, 0) is 30.3 Å². The maximum atomic E-state index is 14.7. The largest absolute Gasteiger partial charge is 0.384 e. The highest BCUT2D eigenvalue weighted by molar-refractivity contribution is 7.07. The zero-order valence-corrected chi connectivity index (χ0v) is 18.2. The maximum absolute atomic E-state index is 14.7. The van der Waals surface area contributed by atoms with Crippen LogP contribution in [0.3, 0.4) is 0 Å². The van der Waals surface area contributed by atoms with Crippen LogP contribution in [0.2, 0.25) is 10.0 Å². The number of nitrogens with two attached hydrogens (primary N) is 1. The van der Waals surface area contributed by atoms with E-state index in [0.717, 1.165) is 22.0 Å². The lowest BCUT2D eigenvalue weighted by Gasteiger charge is -2.23. The van der Waals surface area contributed by atoms with E-state index in [9.17, 15) is 24.1 Å². The molecule has 5 nitrogen and oxygen atoms in total. The predicted octanol–water partition coefficient (Wildman–Crippen LogP) is 3.45. The second-order valence-electron chi connectivity index (χ2n) is 6.70. The normalized spacial score (nSPS) is 16.0. The fourth-order valence-electron chi connectivity index (χ4n) is 3.51. The minimum atomic E-state index is -1.21. The van der Waals surface area contributed by atoms with Gasteiger partial charge >= 0.3 is 0 Å². The van der Waals surface area contributed by atoms with E-state index in [2.05, 4.69) is 0 Å². The van der Waals surface area contributed by atoms with Gasteiger partial charge in [0, 0.05) is 16.1 Å². The number of nitriles is 2. The number of nitrogens with zero attached hydrogens (tertiary/aromatic N) is 3. The van der Waals surface area contributed by atoms with Gasteiger partial charge in [0.15, 0.2) is 0 Å². The summed E-state index contributed by atoms with van der Waals surface area (Å²) in [5, 5.41) is 19.7. The third-order valence-corrected chi connectivity index (χ3v) is 6.72. The average Bonchev–Trinajstić information content (AvgIpc) is 3.07. The van der Waals surface area contributed by atoms with Crippen molar-refractivity contribution < 1.29 is 8.78 Å². The van der Waals surface area contributed by atoms with Crippen molar-refractivity contribution >= 4 is 52.0 Å². The molecule has 1 aromatic heterocycles. The summed E-state index contributed by atoms with van der Waals surface area (Å²) in [6.45, 7) is 0. The molecular formula is C22H10Cl2F2N4OS. The van der Waals surface area contributed by atoms with E-state index >= 15 is 0 Å². The monoisotopic (exact) mass is 486 g/mol. The summed E-state index contributed by atoms with van der Waals surface area (Å²) in [6.07, 6.45) is 1.25. The van der Waals surface area contributed by atoms with E-state index in [4.69, 9.17) is 28.9 Å². The van der Waals surface area contributed by atoms with Crippen LogP contribution in [0.25, 0.3) is 17.5 Å². The van der Waals surface area contributed by atoms with Gasteiger partial charge in [0.1, 0.15) is 22.1 Å². The lowest BCUT2D eigenvalue weighted by atomic mass is 9.84. The van der Waals surface area contributed by atoms with Crippen LogP contribution in [0.1, 0.15) is 17.0 Å². The summed E-state index contributed by atoms with van der Waals surface area (Å²) in [6, 6.07) is 11.9. The molecule has 0 fully saturated rings. The van der Waals surface area contributed by atoms with Crippen molar-refractivity contribution in [2.45, 2.75) is 5.92 Å². The zero-order chi connectivity index (χ0) is 23.2. The van der Waals surface area contributed by atoms with Gasteiger partial charge in [0.2, 0.25) is 0 Å². The van der Waals surface area contributed by atoms with Crippen LogP contribution in [0.5, 0.6) is 0 Å². The fourth-order valence-corrected chi connectivity index (χ4v) is 5.11. The van der Waals surface area contributed by atoms with Gasteiger partial charge in [-0.25, -0.2) is 8.78 Å². The molecule has 2 heterocycles. The van der Waals surface area contributed by atoms with Gasteiger partial charge in [0.05, 0.1) is 38.8 Å². The maximum Gasteiger partial charge on any atom is 0.274 e. The first kappa shape index (κ1) is 21.8. The molecule has 0 bridgehead atoms. The number of benzene rings is 2. The van der Waals surface area contributed by atoms with Gasteiger partial charge in [-0.2, -0.15) is 10.5 Å². The first-order valence-corrected chi connectivity index (χ1v) is 10.5. The summed E-state index contributed by atoms with van der Waals surface area (Å²) in [5.74, 6) is -2.84. The lowest BCUT2D eigenvalue weighted by molar-refractivity contribution is 0.609. The Kier molecular flexibility index (Phi) is 5.62. The quantitative estimate of drug-likeness (QED) is 0.599. The molecule has 1 aliphatic rings. The molecule has 0 aliphatic carbocycles. The molecule has 0 spiro atoms. The van der Waals surface area contributed by atoms with E-state index < -0.39 is 23.1 Å². The van der Waals surface area contributed by atoms with Gasteiger partial charge in [-0.15, -0.1) is 11.3 Å². The first-order valence-electron chi connectivity index (χ1n) is 8.96.